The van der Waals surface area contributed by atoms with Crippen LogP contribution in [0.25, 0.3) is 0 Å². The number of phenolic OH excluding ortho intramolecular Hbond substituents is 2. The van der Waals surface area contributed by atoms with E-state index in [9.17, 15) is 19.8 Å². The third-order valence-electron chi connectivity index (χ3n) is 4.06. The Morgan fingerprint density at radius 2 is 1.96 bits per heavy atom. The van der Waals surface area contributed by atoms with Crippen LogP contribution in [0, 0.1) is 0 Å². The standard InChI is InChI=1S/C18H17ClO6/c1-9-6-15-14(25-15)5-3-2-4-10(20)7-11-16(18(23)24-9)12(21)8-13(22)17(11)19/h2-5,8-9,14-15,21-22H,6-7H2,1H3/b4-2-,5-3+/t9-,14+,15+/m1/s1. The summed E-state index contributed by atoms with van der Waals surface area (Å²) in [4.78, 5) is 24.6. The number of epoxide rings is 1. The Morgan fingerprint density at radius 1 is 1.20 bits per heavy atom. The first-order valence-corrected chi connectivity index (χ1v) is 8.22. The maximum atomic E-state index is 12.5. The van der Waals surface area contributed by atoms with E-state index in [-0.39, 0.29) is 40.6 Å². The number of benzene rings is 1. The van der Waals surface area contributed by atoms with Crippen molar-refractivity contribution < 1.29 is 29.3 Å². The number of aromatic hydroxyl groups is 2. The number of ether oxygens (including phenoxy) is 2. The number of allylic oxidation sites excluding steroid dienone is 3. The Kier molecular flexibility index (Phi) is 4.83. The van der Waals surface area contributed by atoms with Crippen molar-refractivity contribution >= 4 is 23.4 Å². The van der Waals surface area contributed by atoms with Gasteiger partial charge < -0.3 is 19.7 Å². The van der Waals surface area contributed by atoms with Crippen LogP contribution < -0.4 is 0 Å². The summed E-state index contributed by atoms with van der Waals surface area (Å²) in [6.45, 7) is 1.72. The van der Waals surface area contributed by atoms with E-state index in [2.05, 4.69) is 0 Å². The Hall–Kier alpha value is -2.31. The van der Waals surface area contributed by atoms with E-state index in [4.69, 9.17) is 21.1 Å². The predicted octanol–water partition coefficient (Wildman–Crippen LogP) is 2.69. The molecule has 0 aromatic heterocycles. The van der Waals surface area contributed by atoms with Gasteiger partial charge in [0, 0.05) is 24.5 Å². The molecule has 0 unspecified atom stereocenters. The second-order valence-electron chi connectivity index (χ2n) is 6.06. The number of hydrogen-bond acceptors (Lipinski definition) is 6. The van der Waals surface area contributed by atoms with Gasteiger partial charge in [0.05, 0.1) is 11.1 Å². The molecule has 1 saturated heterocycles. The first-order valence-electron chi connectivity index (χ1n) is 7.84. The van der Waals surface area contributed by atoms with E-state index in [1.165, 1.54) is 6.08 Å². The Balaban J connectivity index is 2.01. The zero-order chi connectivity index (χ0) is 18.1. The van der Waals surface area contributed by atoms with Crippen molar-refractivity contribution in [1.29, 1.82) is 0 Å². The normalized spacial score (nSPS) is 29.0. The van der Waals surface area contributed by atoms with Crippen molar-refractivity contribution in [2.45, 2.75) is 38.1 Å². The van der Waals surface area contributed by atoms with E-state index in [1.54, 1.807) is 19.1 Å². The highest BCUT2D eigenvalue weighted by Crippen LogP contribution is 2.37. The molecule has 0 amide bonds. The zero-order valence-electron chi connectivity index (χ0n) is 13.4. The number of carbonyl (C=O) groups excluding carboxylic acids is 2. The molecule has 0 aliphatic carbocycles. The molecular weight excluding hydrogens is 348 g/mol. The minimum atomic E-state index is -0.802. The summed E-state index contributed by atoms with van der Waals surface area (Å²) in [7, 11) is 0. The SMILES string of the molecule is C[C@@H]1C[C@@H]2O[C@H]2/C=C/C=C\C(=O)Cc2c(Cl)c(O)cc(O)c2C(=O)O1. The second kappa shape index (κ2) is 6.90. The minimum Gasteiger partial charge on any atom is -0.507 e. The average molecular weight is 365 g/mol. The fraction of sp³-hybridized carbons (Fsp3) is 0.333. The summed E-state index contributed by atoms with van der Waals surface area (Å²) < 4.78 is 10.8. The molecule has 0 bridgehead atoms. The lowest BCUT2D eigenvalue weighted by molar-refractivity contribution is -0.114. The number of fused-ring (bicyclic) bond motifs is 2. The van der Waals surface area contributed by atoms with Gasteiger partial charge in [-0.15, -0.1) is 0 Å². The van der Waals surface area contributed by atoms with Gasteiger partial charge in [-0.05, 0) is 13.0 Å². The molecule has 2 heterocycles. The summed E-state index contributed by atoms with van der Waals surface area (Å²) >= 11 is 6.05. The molecule has 2 aliphatic rings. The third-order valence-corrected chi connectivity index (χ3v) is 4.49. The van der Waals surface area contributed by atoms with Crippen LogP contribution in [-0.4, -0.2) is 40.3 Å². The highest BCUT2D eigenvalue weighted by Gasteiger charge is 2.38. The summed E-state index contributed by atoms with van der Waals surface area (Å²) in [5, 5.41) is 19.7. The number of phenols is 2. The summed E-state index contributed by atoms with van der Waals surface area (Å²) in [6, 6.07) is 0.958. The summed E-state index contributed by atoms with van der Waals surface area (Å²) in [5.41, 5.74) is -0.176. The molecule has 6 nitrogen and oxygen atoms in total. The summed E-state index contributed by atoms with van der Waals surface area (Å²) in [6.07, 6.45) is 6.13. The smallest absolute Gasteiger partial charge is 0.342 e. The molecule has 1 aromatic rings. The molecule has 2 aliphatic heterocycles. The molecule has 3 atom stereocenters. The van der Waals surface area contributed by atoms with E-state index >= 15 is 0 Å². The Bertz CT molecular complexity index is 782. The topological polar surface area (TPSA) is 96.4 Å². The van der Waals surface area contributed by atoms with Crippen LogP contribution in [0.4, 0.5) is 0 Å². The van der Waals surface area contributed by atoms with Gasteiger partial charge in [-0.1, -0.05) is 29.8 Å². The van der Waals surface area contributed by atoms with E-state index in [0.717, 1.165) is 6.07 Å². The van der Waals surface area contributed by atoms with E-state index in [0.29, 0.717) is 6.42 Å². The number of halogens is 1. The van der Waals surface area contributed by atoms with Gasteiger partial charge in [0.15, 0.2) is 5.78 Å². The Labute approximate surface area is 149 Å². The van der Waals surface area contributed by atoms with Crippen LogP contribution in [0.5, 0.6) is 11.5 Å². The molecule has 132 valence electrons. The zero-order valence-corrected chi connectivity index (χ0v) is 14.2. The lowest BCUT2D eigenvalue weighted by Crippen LogP contribution is -2.19. The van der Waals surface area contributed by atoms with Crippen LogP contribution >= 0.6 is 11.6 Å². The quantitative estimate of drug-likeness (QED) is 0.542. The Morgan fingerprint density at radius 3 is 2.72 bits per heavy atom. The fourth-order valence-electron chi connectivity index (χ4n) is 2.78. The monoisotopic (exact) mass is 364 g/mol. The van der Waals surface area contributed by atoms with Crippen LogP contribution in [0.2, 0.25) is 5.02 Å². The van der Waals surface area contributed by atoms with Crippen molar-refractivity contribution in [2.24, 2.45) is 0 Å². The second-order valence-corrected chi connectivity index (χ2v) is 6.44. The van der Waals surface area contributed by atoms with Crippen LogP contribution in [0.1, 0.15) is 29.3 Å². The van der Waals surface area contributed by atoms with Gasteiger partial charge in [-0.2, -0.15) is 0 Å². The van der Waals surface area contributed by atoms with E-state index < -0.39 is 23.6 Å². The molecular formula is C18H17ClO6. The van der Waals surface area contributed by atoms with Crippen molar-refractivity contribution in [3.05, 3.63) is 46.5 Å². The minimum absolute atomic E-state index is 0.0348. The fourth-order valence-corrected chi connectivity index (χ4v) is 3.00. The highest BCUT2D eigenvalue weighted by molar-refractivity contribution is 6.33. The van der Waals surface area contributed by atoms with Gasteiger partial charge in [0.1, 0.15) is 29.3 Å². The van der Waals surface area contributed by atoms with Crippen LogP contribution in [0.3, 0.4) is 0 Å². The van der Waals surface area contributed by atoms with Crippen LogP contribution in [-0.2, 0) is 20.7 Å². The first kappa shape index (κ1) is 17.5. The lowest BCUT2D eigenvalue weighted by atomic mass is 10.00. The van der Waals surface area contributed by atoms with Gasteiger partial charge in [0.2, 0.25) is 0 Å². The lowest BCUT2D eigenvalue weighted by Gasteiger charge is -2.16. The van der Waals surface area contributed by atoms with Gasteiger partial charge in [-0.3, -0.25) is 4.79 Å². The van der Waals surface area contributed by atoms with Crippen molar-refractivity contribution in [3.63, 3.8) is 0 Å². The predicted molar refractivity (Wildman–Crippen MR) is 89.9 cm³/mol. The van der Waals surface area contributed by atoms with Gasteiger partial charge in [0.25, 0.3) is 0 Å². The number of ketones is 1. The number of rotatable bonds is 0. The largest absolute Gasteiger partial charge is 0.507 e. The molecule has 0 radical (unpaired) electrons. The maximum absolute atomic E-state index is 12.5. The molecule has 1 aromatic carbocycles. The highest BCUT2D eigenvalue weighted by atomic mass is 35.5. The van der Waals surface area contributed by atoms with E-state index in [1.807, 2.05) is 6.08 Å². The molecule has 25 heavy (non-hydrogen) atoms. The van der Waals surface area contributed by atoms with Crippen molar-refractivity contribution in [3.8, 4) is 11.5 Å². The molecule has 2 N–H and O–H groups in total. The van der Waals surface area contributed by atoms with Crippen LogP contribution in [0.15, 0.2) is 30.4 Å². The molecule has 0 saturated carbocycles. The average Bonchev–Trinajstić information content (AvgIpc) is 3.25. The number of carbonyl (C=O) groups is 2. The number of hydrogen-bond donors (Lipinski definition) is 2. The summed E-state index contributed by atoms with van der Waals surface area (Å²) in [5.74, 6) is -2.04. The van der Waals surface area contributed by atoms with Crippen molar-refractivity contribution in [1.82, 2.24) is 0 Å². The number of esters is 1. The molecule has 1 fully saturated rings. The number of cyclic esters (lactones) is 1. The van der Waals surface area contributed by atoms with Crippen molar-refractivity contribution in [2.75, 3.05) is 0 Å². The van der Waals surface area contributed by atoms with Gasteiger partial charge in [-0.25, -0.2) is 4.79 Å². The molecule has 7 heteroatoms. The third kappa shape index (κ3) is 3.86. The first-order chi connectivity index (χ1) is 11.9. The molecule has 0 spiro atoms. The molecule has 3 rings (SSSR count). The maximum Gasteiger partial charge on any atom is 0.342 e. The van der Waals surface area contributed by atoms with Gasteiger partial charge >= 0.3 is 5.97 Å².